The lowest BCUT2D eigenvalue weighted by molar-refractivity contribution is -0.127. The standard InChI is InChI=1S/C34H46ClFN8O2/c1-5-29(45)42-9-7-24(8-10-42)44-22(2)30(31-26-18-37-38-28(26)16-27(36)32(31)35)33(39-44)43-11-6-23(17-34(43,3)4)19-40-12-14-41(15-13-40)25-20-46-21-25/h5,16,18,23-25H,1,6-15,17,19-21H2,2-4H3,(H,37,38)/t23-/m1/s1. The van der Waals surface area contributed by atoms with Crippen LogP contribution in [0.5, 0.6) is 0 Å². The minimum atomic E-state index is -0.481. The SMILES string of the molecule is C=CC(=O)N1CCC(n2nc(N3CC[C@@H](CN4CCN(C5COC5)CC4)CC3(C)C)c(-c3c(Cl)c(F)cc4[nH]ncc34)c2C)CC1. The number of likely N-dealkylation sites (tertiary alicyclic amines) is 1. The van der Waals surface area contributed by atoms with Crippen LogP contribution in [0.3, 0.4) is 0 Å². The van der Waals surface area contributed by atoms with Gasteiger partial charge >= 0.3 is 0 Å². The normalized spacial score (nSPS) is 23.6. The van der Waals surface area contributed by atoms with E-state index in [-0.39, 0.29) is 22.5 Å². The number of fused-ring (bicyclic) bond motifs is 1. The number of nitrogens with zero attached hydrogens (tertiary/aromatic N) is 7. The molecule has 0 bridgehead atoms. The predicted molar refractivity (Wildman–Crippen MR) is 179 cm³/mol. The lowest BCUT2D eigenvalue weighted by Gasteiger charge is -2.48. The van der Waals surface area contributed by atoms with Crippen molar-refractivity contribution in [3.05, 3.63) is 41.5 Å². The Balaban J connectivity index is 1.18. The van der Waals surface area contributed by atoms with Crippen molar-refractivity contribution in [2.45, 2.75) is 64.1 Å². The minimum absolute atomic E-state index is 0.0367. The van der Waals surface area contributed by atoms with Crippen molar-refractivity contribution in [2.24, 2.45) is 5.92 Å². The number of piperidine rings is 2. The second-order valence-corrected chi connectivity index (χ2v) is 14.6. The smallest absolute Gasteiger partial charge is 0.245 e. The molecule has 6 heterocycles. The average Bonchev–Trinajstić information content (AvgIpc) is 3.61. The van der Waals surface area contributed by atoms with Crippen molar-refractivity contribution in [1.82, 2.24) is 34.7 Å². The zero-order valence-corrected chi connectivity index (χ0v) is 28.0. The minimum Gasteiger partial charge on any atom is -0.378 e. The van der Waals surface area contributed by atoms with Crippen molar-refractivity contribution < 1.29 is 13.9 Å². The molecular formula is C34H46ClFN8O2. The summed E-state index contributed by atoms with van der Waals surface area (Å²) >= 11 is 6.82. The van der Waals surface area contributed by atoms with Gasteiger partial charge in [0.1, 0.15) is 5.82 Å². The van der Waals surface area contributed by atoms with Gasteiger partial charge < -0.3 is 19.4 Å². The van der Waals surface area contributed by atoms with Gasteiger partial charge in [-0.05, 0) is 58.4 Å². The van der Waals surface area contributed by atoms with Crippen LogP contribution in [0, 0.1) is 18.7 Å². The van der Waals surface area contributed by atoms with Crippen LogP contribution in [-0.2, 0) is 9.53 Å². The number of H-pyrrole nitrogens is 1. The highest BCUT2D eigenvalue weighted by molar-refractivity contribution is 6.35. The molecule has 248 valence electrons. The van der Waals surface area contributed by atoms with Gasteiger partial charge in [-0.3, -0.25) is 19.5 Å². The average molecular weight is 653 g/mol. The number of halogens is 2. The molecule has 1 amide bonds. The van der Waals surface area contributed by atoms with E-state index in [0.29, 0.717) is 36.1 Å². The van der Waals surface area contributed by atoms with Crippen LogP contribution in [0.4, 0.5) is 10.2 Å². The van der Waals surface area contributed by atoms with Gasteiger partial charge in [0.15, 0.2) is 5.82 Å². The molecule has 4 aliphatic heterocycles. The van der Waals surface area contributed by atoms with Crippen molar-refractivity contribution in [2.75, 3.05) is 70.5 Å². The predicted octanol–water partition coefficient (Wildman–Crippen LogP) is 4.89. The molecule has 4 saturated heterocycles. The quantitative estimate of drug-likeness (QED) is 0.364. The van der Waals surface area contributed by atoms with Gasteiger partial charge in [0.05, 0.1) is 42.0 Å². The summed E-state index contributed by atoms with van der Waals surface area (Å²) in [7, 11) is 0. The monoisotopic (exact) mass is 652 g/mol. The number of rotatable bonds is 7. The Kier molecular flexibility index (Phi) is 8.63. The molecule has 46 heavy (non-hydrogen) atoms. The zero-order valence-electron chi connectivity index (χ0n) is 27.3. The molecule has 1 aromatic carbocycles. The van der Waals surface area contributed by atoms with Crippen LogP contribution in [0.25, 0.3) is 22.0 Å². The first-order chi connectivity index (χ1) is 22.1. The number of anilines is 1. The molecule has 0 saturated carbocycles. The fourth-order valence-corrected chi connectivity index (χ4v) is 8.52. The van der Waals surface area contributed by atoms with E-state index in [1.165, 1.54) is 12.1 Å². The molecule has 12 heteroatoms. The number of carbonyl (C=O) groups excluding carboxylic acids is 1. The van der Waals surface area contributed by atoms with E-state index < -0.39 is 5.82 Å². The number of nitrogens with one attached hydrogen (secondary N) is 1. The van der Waals surface area contributed by atoms with E-state index >= 15 is 4.39 Å². The highest BCUT2D eigenvalue weighted by atomic mass is 35.5. The van der Waals surface area contributed by atoms with Gasteiger partial charge in [-0.15, -0.1) is 0 Å². The highest BCUT2D eigenvalue weighted by Crippen LogP contribution is 2.47. The molecule has 1 atom stereocenters. The Hall–Kier alpha value is -2.99. The van der Waals surface area contributed by atoms with Gasteiger partial charge in [-0.1, -0.05) is 18.2 Å². The van der Waals surface area contributed by atoms with Gasteiger partial charge in [0.2, 0.25) is 5.91 Å². The first kappa shape index (κ1) is 31.6. The summed E-state index contributed by atoms with van der Waals surface area (Å²) in [4.78, 5) is 21.8. The third-order valence-electron chi connectivity index (χ3n) is 10.9. The fourth-order valence-electron chi connectivity index (χ4n) is 8.27. The Morgan fingerprint density at radius 2 is 1.85 bits per heavy atom. The second kappa shape index (κ2) is 12.6. The van der Waals surface area contributed by atoms with E-state index in [4.69, 9.17) is 21.4 Å². The molecule has 0 radical (unpaired) electrons. The largest absolute Gasteiger partial charge is 0.378 e. The number of carbonyl (C=O) groups is 1. The maximum Gasteiger partial charge on any atom is 0.245 e. The summed E-state index contributed by atoms with van der Waals surface area (Å²) in [6.07, 6.45) is 6.77. The topological polar surface area (TPSA) is 85.8 Å². The molecule has 1 N–H and O–H groups in total. The van der Waals surface area contributed by atoms with E-state index in [1.54, 1.807) is 6.20 Å². The molecule has 4 aliphatic rings. The van der Waals surface area contributed by atoms with Crippen molar-refractivity contribution in [3.63, 3.8) is 0 Å². The molecule has 0 aliphatic carbocycles. The van der Waals surface area contributed by atoms with Gasteiger partial charge in [0, 0.05) is 86.2 Å². The van der Waals surface area contributed by atoms with Crippen molar-refractivity contribution >= 4 is 34.2 Å². The van der Waals surface area contributed by atoms with E-state index in [0.717, 1.165) is 101 Å². The third kappa shape index (κ3) is 5.73. The van der Waals surface area contributed by atoms with Crippen LogP contribution in [0.15, 0.2) is 24.9 Å². The van der Waals surface area contributed by atoms with Crippen LogP contribution < -0.4 is 4.90 Å². The van der Waals surface area contributed by atoms with Crippen molar-refractivity contribution in [3.8, 4) is 11.1 Å². The fraction of sp³-hybridized carbons (Fsp3) is 0.618. The highest BCUT2D eigenvalue weighted by Gasteiger charge is 2.40. The number of hydrogen-bond donors (Lipinski definition) is 1. The lowest BCUT2D eigenvalue weighted by atomic mass is 9.81. The summed E-state index contributed by atoms with van der Waals surface area (Å²) in [5.41, 5.74) is 2.88. The summed E-state index contributed by atoms with van der Waals surface area (Å²) < 4.78 is 22.9. The molecular weight excluding hydrogens is 607 g/mol. The lowest BCUT2D eigenvalue weighted by Crippen LogP contribution is -2.58. The number of aromatic amines is 1. The number of piperazine rings is 1. The molecule has 7 rings (SSSR count). The van der Waals surface area contributed by atoms with Gasteiger partial charge in [-0.25, -0.2) is 4.39 Å². The van der Waals surface area contributed by atoms with Crippen LogP contribution in [0.1, 0.15) is 51.3 Å². The zero-order chi connectivity index (χ0) is 32.2. The van der Waals surface area contributed by atoms with E-state index in [9.17, 15) is 4.79 Å². The van der Waals surface area contributed by atoms with Gasteiger partial charge in [-0.2, -0.15) is 10.2 Å². The number of hydrogen-bond acceptors (Lipinski definition) is 7. The summed E-state index contributed by atoms with van der Waals surface area (Å²) in [6, 6.07) is 2.13. The van der Waals surface area contributed by atoms with Crippen LogP contribution >= 0.6 is 11.6 Å². The molecule has 4 fully saturated rings. The Bertz CT molecular complexity index is 1600. The Labute approximate surface area is 275 Å². The van der Waals surface area contributed by atoms with E-state index in [2.05, 4.69) is 56.9 Å². The molecule has 10 nitrogen and oxygen atoms in total. The number of ether oxygens (including phenoxy) is 1. The Morgan fingerprint density at radius 1 is 1.11 bits per heavy atom. The van der Waals surface area contributed by atoms with Crippen LogP contribution in [0.2, 0.25) is 5.02 Å². The summed E-state index contributed by atoms with van der Waals surface area (Å²) in [5.74, 6) is 0.912. The first-order valence-electron chi connectivity index (χ1n) is 16.8. The second-order valence-electron chi connectivity index (χ2n) is 14.2. The third-order valence-corrected chi connectivity index (χ3v) is 11.3. The Morgan fingerprint density at radius 3 is 2.50 bits per heavy atom. The molecule has 0 unspecified atom stereocenters. The van der Waals surface area contributed by atoms with Crippen LogP contribution in [-0.4, -0.2) is 118 Å². The molecule has 3 aromatic rings. The summed E-state index contributed by atoms with van der Waals surface area (Å²) in [6.45, 7) is 19.8. The maximum atomic E-state index is 15.3. The number of benzene rings is 1. The maximum absolute atomic E-state index is 15.3. The van der Waals surface area contributed by atoms with Gasteiger partial charge in [0.25, 0.3) is 0 Å². The molecule has 2 aromatic heterocycles. The summed E-state index contributed by atoms with van der Waals surface area (Å²) in [5, 5.41) is 13.4. The van der Waals surface area contributed by atoms with E-state index in [1.807, 2.05) is 4.90 Å². The number of amides is 1. The van der Waals surface area contributed by atoms with Crippen molar-refractivity contribution in [1.29, 1.82) is 0 Å². The number of aromatic nitrogens is 4. The molecule has 0 spiro atoms. The first-order valence-corrected chi connectivity index (χ1v) is 17.2.